The molecule has 2 heterocycles. The van der Waals surface area contributed by atoms with Gasteiger partial charge in [0.1, 0.15) is 5.01 Å². The largest absolute Gasteiger partial charge is 0.378 e. The Balaban J connectivity index is 1.91. The average Bonchev–Trinajstić information content (AvgIpc) is 2.93. The number of ether oxygens (including phenoxy) is 1. The van der Waals surface area contributed by atoms with Crippen molar-refractivity contribution >= 4 is 11.3 Å². The highest BCUT2D eigenvalue weighted by Crippen LogP contribution is 2.30. The molecule has 3 rings (SSSR count). The van der Waals surface area contributed by atoms with Gasteiger partial charge in [0, 0.05) is 17.5 Å². The minimum atomic E-state index is 0.245. The highest BCUT2D eigenvalue weighted by molar-refractivity contribution is 7.10. The molecule has 0 spiro atoms. The number of hydrogen-bond acceptors (Lipinski definition) is 4. The first-order valence-corrected chi connectivity index (χ1v) is 7.88. The number of nitrogens with one attached hydrogen (secondary N) is 1. The van der Waals surface area contributed by atoms with Crippen LogP contribution in [0.4, 0.5) is 0 Å². The summed E-state index contributed by atoms with van der Waals surface area (Å²) >= 11 is 1.72. The van der Waals surface area contributed by atoms with E-state index in [0.717, 1.165) is 30.5 Å². The third-order valence-corrected chi connectivity index (χ3v) is 4.82. The van der Waals surface area contributed by atoms with Gasteiger partial charge in [-0.1, -0.05) is 6.07 Å². The van der Waals surface area contributed by atoms with Gasteiger partial charge in [0.15, 0.2) is 0 Å². The van der Waals surface area contributed by atoms with E-state index in [2.05, 4.69) is 43.6 Å². The quantitative estimate of drug-likeness (QED) is 0.919. The molecular formula is C16H20N2OS. The molecule has 3 nitrogen and oxygen atoms in total. The van der Waals surface area contributed by atoms with Crippen molar-refractivity contribution < 1.29 is 4.74 Å². The molecule has 1 unspecified atom stereocenters. The van der Waals surface area contributed by atoms with Crippen LogP contribution in [0.3, 0.4) is 0 Å². The van der Waals surface area contributed by atoms with Crippen molar-refractivity contribution in [2.24, 2.45) is 0 Å². The van der Waals surface area contributed by atoms with Crippen LogP contribution >= 0.6 is 11.3 Å². The van der Waals surface area contributed by atoms with Crippen LogP contribution in [0.15, 0.2) is 17.5 Å². The lowest BCUT2D eigenvalue weighted by molar-refractivity contribution is 0.0768. The smallest absolute Gasteiger partial charge is 0.113 e. The minimum absolute atomic E-state index is 0.245. The Morgan fingerprint density at radius 1 is 1.20 bits per heavy atom. The zero-order valence-corrected chi connectivity index (χ0v) is 13.0. The predicted octanol–water partition coefficient (Wildman–Crippen LogP) is 3.40. The second-order valence-corrected chi connectivity index (χ2v) is 6.29. The van der Waals surface area contributed by atoms with E-state index in [-0.39, 0.29) is 6.04 Å². The average molecular weight is 288 g/mol. The van der Waals surface area contributed by atoms with E-state index in [1.54, 1.807) is 11.3 Å². The van der Waals surface area contributed by atoms with Crippen molar-refractivity contribution in [2.45, 2.75) is 26.8 Å². The molecule has 1 aromatic carbocycles. The number of morpholine rings is 1. The number of nitrogens with zero attached hydrogens (tertiary/aromatic N) is 1. The summed E-state index contributed by atoms with van der Waals surface area (Å²) in [7, 11) is 0. The molecule has 1 N–H and O–H groups in total. The van der Waals surface area contributed by atoms with Gasteiger partial charge in [0.05, 0.1) is 24.9 Å². The molecule has 1 atom stereocenters. The third-order valence-electron chi connectivity index (χ3n) is 3.86. The van der Waals surface area contributed by atoms with Crippen molar-refractivity contribution in [3.05, 3.63) is 39.2 Å². The summed E-state index contributed by atoms with van der Waals surface area (Å²) in [6.45, 7) is 8.89. The van der Waals surface area contributed by atoms with Crippen LogP contribution in [0.2, 0.25) is 0 Å². The molecule has 1 aliphatic rings. The summed E-state index contributed by atoms with van der Waals surface area (Å²) in [5, 5.41) is 6.74. The molecule has 106 valence electrons. The van der Waals surface area contributed by atoms with Crippen molar-refractivity contribution in [1.29, 1.82) is 0 Å². The van der Waals surface area contributed by atoms with E-state index < -0.39 is 0 Å². The first kappa shape index (κ1) is 13.7. The van der Waals surface area contributed by atoms with Crippen LogP contribution in [0, 0.1) is 20.8 Å². The Bertz CT molecular complexity index is 615. The summed E-state index contributed by atoms with van der Waals surface area (Å²) in [5.74, 6) is 0. The fraction of sp³-hybridized carbons (Fsp3) is 0.438. The zero-order valence-electron chi connectivity index (χ0n) is 12.2. The number of benzene rings is 1. The van der Waals surface area contributed by atoms with E-state index >= 15 is 0 Å². The van der Waals surface area contributed by atoms with Crippen LogP contribution < -0.4 is 5.32 Å². The van der Waals surface area contributed by atoms with Gasteiger partial charge in [-0.25, -0.2) is 4.98 Å². The van der Waals surface area contributed by atoms with Crippen molar-refractivity contribution in [2.75, 3.05) is 19.8 Å². The van der Waals surface area contributed by atoms with Gasteiger partial charge in [-0.15, -0.1) is 11.3 Å². The maximum atomic E-state index is 5.51. The fourth-order valence-corrected chi connectivity index (χ4v) is 3.41. The topological polar surface area (TPSA) is 34.1 Å². The number of rotatable bonds is 2. The van der Waals surface area contributed by atoms with Gasteiger partial charge in [0.2, 0.25) is 0 Å². The lowest BCUT2D eigenvalue weighted by Gasteiger charge is -2.21. The van der Waals surface area contributed by atoms with E-state index in [0.29, 0.717) is 0 Å². The number of aryl methyl sites for hydroxylation is 3. The Labute approximate surface area is 124 Å². The fourth-order valence-electron chi connectivity index (χ4n) is 2.53. The summed E-state index contributed by atoms with van der Waals surface area (Å²) in [6.07, 6.45) is 0. The lowest BCUT2D eigenvalue weighted by Crippen LogP contribution is -2.34. The van der Waals surface area contributed by atoms with Gasteiger partial charge < -0.3 is 10.1 Å². The number of aromatic nitrogens is 1. The molecule has 1 fully saturated rings. The molecule has 2 aromatic rings. The maximum absolute atomic E-state index is 5.51. The molecule has 1 aromatic heterocycles. The maximum Gasteiger partial charge on any atom is 0.113 e. The molecular weight excluding hydrogens is 268 g/mol. The molecule has 0 bridgehead atoms. The normalized spacial score (nSPS) is 19.2. The van der Waals surface area contributed by atoms with Crippen molar-refractivity contribution in [3.8, 4) is 11.3 Å². The zero-order chi connectivity index (χ0) is 14.1. The van der Waals surface area contributed by atoms with E-state index in [9.17, 15) is 0 Å². The minimum Gasteiger partial charge on any atom is -0.378 e. The molecule has 0 aliphatic carbocycles. The SMILES string of the molecule is Cc1cc(C)c(-c2csc(C3COCCN3)n2)cc1C. The molecule has 4 heteroatoms. The summed E-state index contributed by atoms with van der Waals surface area (Å²) in [5.41, 5.74) is 6.27. The van der Waals surface area contributed by atoms with E-state index in [4.69, 9.17) is 9.72 Å². The van der Waals surface area contributed by atoms with Crippen LogP contribution in [0.5, 0.6) is 0 Å². The Kier molecular flexibility index (Phi) is 3.87. The molecule has 1 aliphatic heterocycles. The monoisotopic (exact) mass is 288 g/mol. The Hall–Kier alpha value is -1.23. The van der Waals surface area contributed by atoms with Gasteiger partial charge in [-0.2, -0.15) is 0 Å². The van der Waals surface area contributed by atoms with Crippen LogP contribution in [-0.2, 0) is 4.74 Å². The highest BCUT2D eigenvalue weighted by Gasteiger charge is 2.19. The van der Waals surface area contributed by atoms with Gasteiger partial charge >= 0.3 is 0 Å². The highest BCUT2D eigenvalue weighted by atomic mass is 32.1. The lowest BCUT2D eigenvalue weighted by atomic mass is 9.99. The first-order chi connectivity index (χ1) is 9.65. The number of hydrogen-bond donors (Lipinski definition) is 1. The van der Waals surface area contributed by atoms with Crippen LogP contribution in [0.25, 0.3) is 11.3 Å². The summed E-state index contributed by atoms with van der Waals surface area (Å²) in [6, 6.07) is 4.73. The summed E-state index contributed by atoms with van der Waals surface area (Å²) < 4.78 is 5.51. The van der Waals surface area contributed by atoms with Crippen molar-refractivity contribution in [1.82, 2.24) is 10.3 Å². The third kappa shape index (κ3) is 2.64. The van der Waals surface area contributed by atoms with Gasteiger partial charge in [-0.3, -0.25) is 0 Å². The van der Waals surface area contributed by atoms with Gasteiger partial charge in [0.25, 0.3) is 0 Å². The predicted molar refractivity (Wildman–Crippen MR) is 83.3 cm³/mol. The second kappa shape index (κ2) is 5.64. The van der Waals surface area contributed by atoms with E-state index in [1.165, 1.54) is 22.3 Å². The Morgan fingerprint density at radius 3 is 2.75 bits per heavy atom. The molecule has 0 radical (unpaired) electrons. The molecule has 0 amide bonds. The Morgan fingerprint density at radius 2 is 2.00 bits per heavy atom. The van der Waals surface area contributed by atoms with Crippen LogP contribution in [-0.4, -0.2) is 24.7 Å². The molecule has 1 saturated heterocycles. The van der Waals surface area contributed by atoms with Crippen molar-refractivity contribution in [3.63, 3.8) is 0 Å². The molecule has 20 heavy (non-hydrogen) atoms. The second-order valence-electron chi connectivity index (χ2n) is 5.40. The number of thiazole rings is 1. The van der Waals surface area contributed by atoms with Gasteiger partial charge in [-0.05, 0) is 43.5 Å². The summed E-state index contributed by atoms with van der Waals surface area (Å²) in [4.78, 5) is 4.81. The van der Waals surface area contributed by atoms with E-state index in [1.807, 2.05) is 0 Å². The first-order valence-electron chi connectivity index (χ1n) is 7.00. The standard InChI is InChI=1S/C16H20N2OS/c1-10-6-12(3)13(7-11(10)2)15-9-20-16(18-15)14-8-19-5-4-17-14/h6-7,9,14,17H,4-5,8H2,1-3H3. The molecule has 0 saturated carbocycles. The van der Waals surface area contributed by atoms with Crippen LogP contribution in [0.1, 0.15) is 27.7 Å².